The van der Waals surface area contributed by atoms with Crippen LogP contribution in [0, 0.1) is 11.3 Å². The minimum absolute atomic E-state index is 0.408. The molecule has 2 aromatic carbocycles. The summed E-state index contributed by atoms with van der Waals surface area (Å²) in [5.74, 6) is 0. The average molecular weight is 339 g/mol. The molecule has 2 heterocycles. The molecule has 4 rings (SSSR count). The van der Waals surface area contributed by atoms with Gasteiger partial charge in [0.05, 0.1) is 18.3 Å². The number of pyridine rings is 1. The van der Waals surface area contributed by atoms with Crippen LogP contribution < -0.4 is 5.32 Å². The van der Waals surface area contributed by atoms with Gasteiger partial charge in [-0.2, -0.15) is 10.4 Å². The Labute approximate surface area is 151 Å². The lowest BCUT2D eigenvalue weighted by molar-refractivity contribution is 0.686. The molecule has 0 saturated heterocycles. The SMILES string of the molecule is N#Cc1cc(NCc2cnn(Cc3ccccc3)c2)c2ccccc2n1. The molecule has 0 aliphatic carbocycles. The number of hydrogen-bond donors (Lipinski definition) is 1. The van der Waals surface area contributed by atoms with Gasteiger partial charge in [-0.1, -0.05) is 48.5 Å². The topological polar surface area (TPSA) is 66.5 Å². The number of nitrogens with one attached hydrogen (secondary N) is 1. The molecule has 0 atom stereocenters. The summed E-state index contributed by atoms with van der Waals surface area (Å²) in [5, 5.41) is 18.0. The summed E-state index contributed by atoms with van der Waals surface area (Å²) in [5.41, 5.74) is 4.43. The lowest BCUT2D eigenvalue weighted by Gasteiger charge is -2.09. The first kappa shape index (κ1) is 15.9. The van der Waals surface area contributed by atoms with Crippen molar-refractivity contribution in [3.8, 4) is 6.07 Å². The molecule has 1 N–H and O–H groups in total. The lowest BCUT2D eigenvalue weighted by Crippen LogP contribution is -2.02. The fourth-order valence-electron chi connectivity index (χ4n) is 2.93. The molecule has 0 amide bonds. The fourth-order valence-corrected chi connectivity index (χ4v) is 2.93. The molecule has 0 unspecified atom stereocenters. The van der Waals surface area contributed by atoms with Crippen molar-refractivity contribution in [3.05, 3.63) is 89.9 Å². The minimum Gasteiger partial charge on any atom is -0.380 e. The van der Waals surface area contributed by atoms with Gasteiger partial charge in [-0.15, -0.1) is 0 Å². The van der Waals surface area contributed by atoms with E-state index in [-0.39, 0.29) is 0 Å². The van der Waals surface area contributed by atoms with E-state index in [2.05, 4.69) is 33.6 Å². The molecule has 0 spiro atoms. The van der Waals surface area contributed by atoms with Crippen molar-refractivity contribution in [1.82, 2.24) is 14.8 Å². The summed E-state index contributed by atoms with van der Waals surface area (Å²) in [6.07, 6.45) is 3.90. The van der Waals surface area contributed by atoms with E-state index in [0.717, 1.165) is 28.7 Å². The van der Waals surface area contributed by atoms with Crippen LogP contribution in [0.3, 0.4) is 0 Å². The third kappa shape index (κ3) is 3.40. The summed E-state index contributed by atoms with van der Waals surface area (Å²) in [4.78, 5) is 4.34. The molecule has 0 fully saturated rings. The van der Waals surface area contributed by atoms with Gasteiger partial charge in [0.25, 0.3) is 0 Å². The molecule has 5 nitrogen and oxygen atoms in total. The fraction of sp³-hybridized carbons (Fsp3) is 0.0952. The molecule has 0 saturated carbocycles. The normalized spacial score (nSPS) is 10.6. The summed E-state index contributed by atoms with van der Waals surface area (Å²) in [6.45, 7) is 1.38. The van der Waals surface area contributed by atoms with E-state index < -0.39 is 0 Å². The number of rotatable bonds is 5. The molecule has 2 aromatic heterocycles. The van der Waals surface area contributed by atoms with E-state index in [1.54, 1.807) is 6.07 Å². The monoisotopic (exact) mass is 339 g/mol. The predicted octanol–water partition coefficient (Wildman–Crippen LogP) is 3.96. The van der Waals surface area contributed by atoms with Crippen LogP contribution >= 0.6 is 0 Å². The zero-order valence-electron chi connectivity index (χ0n) is 14.1. The van der Waals surface area contributed by atoms with E-state index >= 15 is 0 Å². The number of aromatic nitrogens is 3. The van der Waals surface area contributed by atoms with Crippen molar-refractivity contribution < 1.29 is 0 Å². The van der Waals surface area contributed by atoms with Gasteiger partial charge in [-0.05, 0) is 17.7 Å². The summed E-state index contributed by atoms with van der Waals surface area (Å²) >= 11 is 0. The second kappa shape index (κ2) is 7.08. The van der Waals surface area contributed by atoms with Crippen LogP contribution in [-0.4, -0.2) is 14.8 Å². The van der Waals surface area contributed by atoms with E-state index in [4.69, 9.17) is 0 Å². The van der Waals surface area contributed by atoms with Gasteiger partial charge in [-0.3, -0.25) is 4.68 Å². The number of nitriles is 1. The first-order valence-electron chi connectivity index (χ1n) is 8.41. The maximum absolute atomic E-state index is 9.20. The second-order valence-corrected chi connectivity index (χ2v) is 6.07. The Kier molecular flexibility index (Phi) is 4.31. The van der Waals surface area contributed by atoms with Gasteiger partial charge < -0.3 is 5.32 Å². The predicted molar refractivity (Wildman–Crippen MR) is 102 cm³/mol. The van der Waals surface area contributed by atoms with Crippen LogP contribution in [0.5, 0.6) is 0 Å². The number of nitrogens with zero attached hydrogens (tertiary/aromatic N) is 4. The van der Waals surface area contributed by atoms with Crippen molar-refractivity contribution in [3.63, 3.8) is 0 Å². The number of anilines is 1. The lowest BCUT2D eigenvalue weighted by atomic mass is 10.1. The molecule has 0 aliphatic rings. The molecule has 0 aliphatic heterocycles. The summed E-state index contributed by atoms with van der Waals surface area (Å²) in [6, 6.07) is 22.0. The van der Waals surface area contributed by atoms with Gasteiger partial charge in [0, 0.05) is 29.4 Å². The molecular weight excluding hydrogens is 322 g/mol. The summed E-state index contributed by atoms with van der Waals surface area (Å²) in [7, 11) is 0. The quantitative estimate of drug-likeness (QED) is 0.597. The average Bonchev–Trinajstić information content (AvgIpc) is 3.14. The Hall–Kier alpha value is -3.65. The van der Waals surface area contributed by atoms with Crippen molar-refractivity contribution in [2.24, 2.45) is 0 Å². The Morgan fingerprint density at radius 1 is 1.00 bits per heavy atom. The maximum Gasteiger partial charge on any atom is 0.143 e. The number of hydrogen-bond acceptors (Lipinski definition) is 4. The molecule has 0 radical (unpaired) electrons. The highest BCUT2D eigenvalue weighted by atomic mass is 15.3. The number of fused-ring (bicyclic) bond motifs is 1. The maximum atomic E-state index is 9.20. The number of benzene rings is 2. The zero-order valence-corrected chi connectivity index (χ0v) is 14.1. The third-order valence-corrected chi connectivity index (χ3v) is 4.19. The van der Waals surface area contributed by atoms with Crippen LogP contribution in [0.1, 0.15) is 16.8 Å². The highest BCUT2D eigenvalue weighted by Crippen LogP contribution is 2.23. The first-order valence-corrected chi connectivity index (χ1v) is 8.41. The standard InChI is InChI=1S/C21H17N5/c22-11-18-10-21(19-8-4-5-9-20(19)25-18)23-12-17-13-24-26(15-17)14-16-6-2-1-3-7-16/h1-10,13,15H,12,14H2,(H,23,25). The van der Waals surface area contributed by atoms with Gasteiger partial charge in [0.1, 0.15) is 11.8 Å². The molecule has 26 heavy (non-hydrogen) atoms. The Morgan fingerprint density at radius 2 is 1.81 bits per heavy atom. The molecule has 126 valence electrons. The van der Waals surface area contributed by atoms with Crippen molar-refractivity contribution in [1.29, 1.82) is 5.26 Å². The van der Waals surface area contributed by atoms with Crippen molar-refractivity contribution in [2.75, 3.05) is 5.32 Å². The zero-order chi connectivity index (χ0) is 17.8. The minimum atomic E-state index is 0.408. The Morgan fingerprint density at radius 3 is 2.65 bits per heavy atom. The van der Waals surface area contributed by atoms with E-state index in [1.807, 2.05) is 59.5 Å². The highest BCUT2D eigenvalue weighted by molar-refractivity contribution is 5.91. The van der Waals surface area contributed by atoms with Gasteiger partial charge in [0.15, 0.2) is 0 Å². The van der Waals surface area contributed by atoms with Gasteiger partial charge in [-0.25, -0.2) is 4.98 Å². The smallest absolute Gasteiger partial charge is 0.143 e. The third-order valence-electron chi connectivity index (χ3n) is 4.19. The van der Waals surface area contributed by atoms with Crippen LogP contribution in [0.25, 0.3) is 10.9 Å². The Bertz CT molecular complexity index is 1080. The van der Waals surface area contributed by atoms with E-state index in [0.29, 0.717) is 12.2 Å². The van der Waals surface area contributed by atoms with Crippen LogP contribution in [0.4, 0.5) is 5.69 Å². The van der Waals surface area contributed by atoms with Crippen molar-refractivity contribution in [2.45, 2.75) is 13.1 Å². The molecule has 0 bridgehead atoms. The van der Waals surface area contributed by atoms with Crippen LogP contribution in [-0.2, 0) is 13.1 Å². The van der Waals surface area contributed by atoms with Gasteiger partial charge in [0.2, 0.25) is 0 Å². The van der Waals surface area contributed by atoms with Crippen molar-refractivity contribution >= 4 is 16.6 Å². The molecular formula is C21H17N5. The van der Waals surface area contributed by atoms with Gasteiger partial charge >= 0.3 is 0 Å². The second-order valence-electron chi connectivity index (χ2n) is 6.07. The van der Waals surface area contributed by atoms with Crippen LogP contribution in [0.2, 0.25) is 0 Å². The highest BCUT2D eigenvalue weighted by Gasteiger charge is 2.06. The van der Waals surface area contributed by atoms with E-state index in [9.17, 15) is 5.26 Å². The molecule has 5 heteroatoms. The van der Waals surface area contributed by atoms with E-state index in [1.165, 1.54) is 5.56 Å². The van der Waals surface area contributed by atoms with Crippen LogP contribution in [0.15, 0.2) is 73.1 Å². The Balaban J connectivity index is 1.51. The molecule has 4 aromatic rings. The largest absolute Gasteiger partial charge is 0.380 e. The first-order chi connectivity index (χ1) is 12.8. The summed E-state index contributed by atoms with van der Waals surface area (Å²) < 4.78 is 1.93. The number of para-hydroxylation sites is 1.